The fourth-order valence-electron chi connectivity index (χ4n) is 1.71. The van der Waals surface area contributed by atoms with Gasteiger partial charge in [-0.15, -0.1) is 10.2 Å². The first kappa shape index (κ1) is 7.67. The highest BCUT2D eigenvalue weighted by Gasteiger charge is 2.48. The molecule has 3 unspecified atom stereocenters. The van der Waals surface area contributed by atoms with Gasteiger partial charge >= 0.3 is 0 Å². The molecule has 0 amide bonds. The monoisotopic (exact) mass is 167 g/mol. The number of H-pyrrole nitrogens is 1. The molecule has 1 heterocycles. The summed E-state index contributed by atoms with van der Waals surface area (Å²) in [6.07, 6.45) is 1.17. The summed E-state index contributed by atoms with van der Waals surface area (Å²) >= 11 is 0. The van der Waals surface area contributed by atoms with E-state index in [4.69, 9.17) is 5.73 Å². The summed E-state index contributed by atoms with van der Waals surface area (Å²) in [7, 11) is 0. The van der Waals surface area contributed by atoms with Gasteiger partial charge in [-0.1, -0.05) is 12.1 Å². The standard InChI is InChI=1S/C7H13N5/c1-4-3-5(4)7(2,8)6-9-11-12-10-6/h4-5H,3,8H2,1-2H3,(H,9,10,11,12). The number of nitrogens with two attached hydrogens (primary N) is 1. The maximum Gasteiger partial charge on any atom is 0.194 e. The average Bonchev–Trinajstić information content (AvgIpc) is 2.53. The Hall–Kier alpha value is -0.970. The van der Waals surface area contributed by atoms with E-state index in [0.29, 0.717) is 17.7 Å². The molecule has 0 aliphatic heterocycles. The quantitative estimate of drug-likeness (QED) is 0.651. The van der Waals surface area contributed by atoms with E-state index in [-0.39, 0.29) is 0 Å². The predicted octanol–water partition coefficient (Wildman–Crippen LogP) is 0.0296. The second kappa shape index (κ2) is 2.26. The van der Waals surface area contributed by atoms with Crippen LogP contribution in [-0.2, 0) is 5.54 Å². The number of tetrazole rings is 1. The molecule has 1 aliphatic rings. The first-order chi connectivity index (χ1) is 5.62. The summed E-state index contributed by atoms with van der Waals surface area (Å²) in [6, 6.07) is 0. The minimum Gasteiger partial charge on any atom is -0.319 e. The largest absolute Gasteiger partial charge is 0.319 e. The summed E-state index contributed by atoms with van der Waals surface area (Å²) in [5.41, 5.74) is 5.68. The van der Waals surface area contributed by atoms with Gasteiger partial charge in [-0.2, -0.15) is 5.21 Å². The minimum atomic E-state index is -0.410. The van der Waals surface area contributed by atoms with Crippen LogP contribution >= 0.6 is 0 Å². The third kappa shape index (κ3) is 1.01. The molecule has 3 atom stereocenters. The molecule has 0 aromatic carbocycles. The summed E-state index contributed by atoms with van der Waals surface area (Å²) in [5.74, 6) is 1.82. The smallest absolute Gasteiger partial charge is 0.194 e. The summed E-state index contributed by atoms with van der Waals surface area (Å²) in [6.45, 7) is 4.15. The van der Waals surface area contributed by atoms with Gasteiger partial charge in [-0.25, -0.2) is 0 Å². The van der Waals surface area contributed by atoms with Crippen molar-refractivity contribution in [1.82, 2.24) is 20.6 Å². The van der Waals surface area contributed by atoms with Crippen molar-refractivity contribution in [3.05, 3.63) is 5.82 Å². The number of aromatic amines is 1. The van der Waals surface area contributed by atoms with E-state index in [1.807, 2.05) is 6.92 Å². The van der Waals surface area contributed by atoms with Gasteiger partial charge in [0.05, 0.1) is 5.54 Å². The normalized spacial score (nSPS) is 32.9. The number of hydrogen-bond acceptors (Lipinski definition) is 4. The minimum absolute atomic E-state index is 0.410. The zero-order valence-corrected chi connectivity index (χ0v) is 7.28. The molecule has 0 spiro atoms. The highest BCUT2D eigenvalue weighted by molar-refractivity contribution is 5.09. The highest BCUT2D eigenvalue weighted by atomic mass is 15.5. The van der Waals surface area contributed by atoms with Gasteiger partial charge in [-0.05, 0) is 25.2 Å². The van der Waals surface area contributed by atoms with Crippen LogP contribution in [0.2, 0.25) is 0 Å². The Kier molecular flexibility index (Phi) is 1.44. The summed E-state index contributed by atoms with van der Waals surface area (Å²) < 4.78 is 0. The van der Waals surface area contributed by atoms with E-state index in [0.717, 1.165) is 0 Å². The molecule has 1 saturated carbocycles. The van der Waals surface area contributed by atoms with Gasteiger partial charge in [0.1, 0.15) is 0 Å². The van der Waals surface area contributed by atoms with Crippen molar-refractivity contribution in [1.29, 1.82) is 0 Å². The molecule has 5 heteroatoms. The Bertz CT molecular complexity index is 265. The zero-order chi connectivity index (χ0) is 8.77. The van der Waals surface area contributed by atoms with Crippen LogP contribution in [0.5, 0.6) is 0 Å². The molecule has 1 fully saturated rings. The second-order valence-electron chi connectivity index (χ2n) is 3.84. The molecule has 0 bridgehead atoms. The molecular weight excluding hydrogens is 154 g/mol. The molecule has 3 N–H and O–H groups in total. The van der Waals surface area contributed by atoms with Gasteiger partial charge in [0.2, 0.25) is 0 Å². The Morgan fingerprint density at radius 3 is 2.75 bits per heavy atom. The average molecular weight is 167 g/mol. The lowest BCUT2D eigenvalue weighted by Crippen LogP contribution is -2.37. The van der Waals surface area contributed by atoms with Crippen LogP contribution in [0.1, 0.15) is 26.1 Å². The van der Waals surface area contributed by atoms with Crippen molar-refractivity contribution in [3.8, 4) is 0 Å². The lowest BCUT2D eigenvalue weighted by molar-refractivity contribution is 0.382. The molecular formula is C7H13N5. The number of nitrogens with one attached hydrogen (secondary N) is 1. The van der Waals surface area contributed by atoms with Crippen LogP contribution in [0.15, 0.2) is 0 Å². The number of nitrogens with zero attached hydrogens (tertiary/aromatic N) is 3. The van der Waals surface area contributed by atoms with Crippen molar-refractivity contribution < 1.29 is 0 Å². The van der Waals surface area contributed by atoms with Crippen molar-refractivity contribution in [3.63, 3.8) is 0 Å². The summed E-state index contributed by atoms with van der Waals surface area (Å²) in [4.78, 5) is 0. The topological polar surface area (TPSA) is 80.5 Å². The molecule has 12 heavy (non-hydrogen) atoms. The van der Waals surface area contributed by atoms with E-state index in [1.54, 1.807) is 0 Å². The van der Waals surface area contributed by atoms with Gasteiger partial charge in [-0.3, -0.25) is 0 Å². The SMILES string of the molecule is CC1CC1C(C)(N)c1nn[nH]n1. The Morgan fingerprint density at radius 2 is 2.33 bits per heavy atom. The van der Waals surface area contributed by atoms with Gasteiger partial charge in [0.15, 0.2) is 5.82 Å². The van der Waals surface area contributed by atoms with Crippen molar-refractivity contribution in [2.24, 2.45) is 17.6 Å². The number of aromatic nitrogens is 4. The van der Waals surface area contributed by atoms with E-state index in [1.165, 1.54) is 6.42 Å². The molecule has 0 saturated heterocycles. The van der Waals surface area contributed by atoms with Crippen molar-refractivity contribution >= 4 is 0 Å². The van der Waals surface area contributed by atoms with E-state index >= 15 is 0 Å². The maximum atomic E-state index is 6.09. The van der Waals surface area contributed by atoms with Crippen LogP contribution in [0.25, 0.3) is 0 Å². The molecule has 1 aromatic rings. The molecule has 66 valence electrons. The molecule has 5 nitrogen and oxygen atoms in total. The fourth-order valence-corrected chi connectivity index (χ4v) is 1.71. The van der Waals surface area contributed by atoms with E-state index in [2.05, 4.69) is 27.5 Å². The molecule has 1 aromatic heterocycles. The van der Waals surface area contributed by atoms with Crippen molar-refractivity contribution in [2.45, 2.75) is 25.8 Å². The Balaban J connectivity index is 2.21. The van der Waals surface area contributed by atoms with E-state index in [9.17, 15) is 0 Å². The zero-order valence-electron chi connectivity index (χ0n) is 7.28. The van der Waals surface area contributed by atoms with Gasteiger partial charge in [0, 0.05) is 0 Å². The van der Waals surface area contributed by atoms with Crippen LogP contribution < -0.4 is 5.73 Å². The fraction of sp³-hybridized carbons (Fsp3) is 0.857. The Morgan fingerprint density at radius 1 is 1.67 bits per heavy atom. The maximum absolute atomic E-state index is 6.09. The Labute approximate surface area is 70.7 Å². The highest BCUT2D eigenvalue weighted by Crippen LogP contribution is 2.48. The molecule has 0 radical (unpaired) electrons. The second-order valence-corrected chi connectivity index (χ2v) is 3.84. The number of rotatable bonds is 2. The lowest BCUT2D eigenvalue weighted by atomic mass is 9.95. The van der Waals surface area contributed by atoms with Crippen LogP contribution in [0, 0.1) is 11.8 Å². The molecule has 1 aliphatic carbocycles. The van der Waals surface area contributed by atoms with Crippen LogP contribution in [0.3, 0.4) is 0 Å². The van der Waals surface area contributed by atoms with Crippen LogP contribution in [0.4, 0.5) is 0 Å². The third-order valence-electron chi connectivity index (χ3n) is 2.71. The summed E-state index contributed by atoms with van der Waals surface area (Å²) in [5, 5.41) is 13.8. The van der Waals surface area contributed by atoms with Crippen LogP contribution in [-0.4, -0.2) is 20.6 Å². The van der Waals surface area contributed by atoms with E-state index < -0.39 is 5.54 Å². The van der Waals surface area contributed by atoms with Crippen molar-refractivity contribution in [2.75, 3.05) is 0 Å². The first-order valence-corrected chi connectivity index (χ1v) is 4.15. The predicted molar refractivity (Wildman–Crippen MR) is 43.0 cm³/mol. The lowest BCUT2D eigenvalue weighted by Gasteiger charge is -2.19. The van der Waals surface area contributed by atoms with Gasteiger partial charge in [0.25, 0.3) is 0 Å². The van der Waals surface area contributed by atoms with Gasteiger partial charge < -0.3 is 5.73 Å². The first-order valence-electron chi connectivity index (χ1n) is 4.15. The molecule has 2 rings (SSSR count). The number of hydrogen-bond donors (Lipinski definition) is 2. The third-order valence-corrected chi connectivity index (χ3v) is 2.71.